The van der Waals surface area contributed by atoms with E-state index in [-0.39, 0.29) is 5.84 Å². The summed E-state index contributed by atoms with van der Waals surface area (Å²) in [5.74, 6) is 1.18. The number of nitrogens with one attached hydrogen (secondary N) is 1. The van der Waals surface area contributed by atoms with Gasteiger partial charge in [0.2, 0.25) is 0 Å². The normalized spacial score (nSPS) is 22.7. The van der Waals surface area contributed by atoms with Gasteiger partial charge in [-0.25, -0.2) is 0 Å². The molecule has 0 radical (unpaired) electrons. The van der Waals surface area contributed by atoms with E-state index in [0.29, 0.717) is 18.4 Å². The molecule has 1 aliphatic carbocycles. The van der Waals surface area contributed by atoms with Crippen molar-refractivity contribution < 1.29 is 10.3 Å². The van der Waals surface area contributed by atoms with Crippen LogP contribution in [-0.4, -0.2) is 29.3 Å². The first-order chi connectivity index (χ1) is 10.2. The van der Waals surface area contributed by atoms with E-state index in [1.54, 1.807) is 0 Å². The Labute approximate surface area is 125 Å². The zero-order valence-electron chi connectivity index (χ0n) is 12.5. The summed E-state index contributed by atoms with van der Waals surface area (Å²) in [6, 6.07) is 5.80. The van der Waals surface area contributed by atoms with Gasteiger partial charge >= 0.3 is 0 Å². The molecule has 0 aromatic heterocycles. The Balaban J connectivity index is 1.89. The maximum absolute atomic E-state index is 9.33. The van der Waals surface area contributed by atoms with Crippen molar-refractivity contribution in [2.24, 2.45) is 22.7 Å². The summed E-state index contributed by atoms with van der Waals surface area (Å²) in [6.07, 6.45) is 3.58. The SMILES string of the molecule is Cc1cc(/C(N)=N/O)ccc1CNCC1CCCC1CO. The molecule has 116 valence electrons. The highest BCUT2D eigenvalue weighted by Crippen LogP contribution is 2.30. The summed E-state index contributed by atoms with van der Waals surface area (Å²) in [7, 11) is 0. The molecule has 1 saturated carbocycles. The molecule has 2 unspecified atom stereocenters. The van der Waals surface area contributed by atoms with Gasteiger partial charge in [-0.3, -0.25) is 0 Å². The second-order valence-corrected chi connectivity index (χ2v) is 5.89. The molecule has 21 heavy (non-hydrogen) atoms. The Morgan fingerprint density at radius 3 is 2.81 bits per heavy atom. The van der Waals surface area contributed by atoms with Crippen LogP contribution in [0.2, 0.25) is 0 Å². The highest BCUT2D eigenvalue weighted by Gasteiger charge is 2.25. The maximum atomic E-state index is 9.33. The molecular weight excluding hydrogens is 266 g/mol. The van der Waals surface area contributed by atoms with Gasteiger partial charge in [0.15, 0.2) is 5.84 Å². The number of nitrogens with two attached hydrogens (primary N) is 1. The third-order valence-corrected chi connectivity index (χ3v) is 4.52. The number of benzene rings is 1. The molecule has 2 atom stereocenters. The summed E-state index contributed by atoms with van der Waals surface area (Å²) in [5.41, 5.74) is 8.65. The lowest BCUT2D eigenvalue weighted by atomic mass is 9.97. The van der Waals surface area contributed by atoms with Crippen LogP contribution in [0.1, 0.15) is 36.0 Å². The summed E-state index contributed by atoms with van der Waals surface area (Å²) in [4.78, 5) is 0. The van der Waals surface area contributed by atoms with Gasteiger partial charge in [0.25, 0.3) is 0 Å². The second-order valence-electron chi connectivity index (χ2n) is 5.89. The lowest BCUT2D eigenvalue weighted by Crippen LogP contribution is -2.26. The van der Waals surface area contributed by atoms with Crippen LogP contribution >= 0.6 is 0 Å². The molecule has 0 saturated heterocycles. The summed E-state index contributed by atoms with van der Waals surface area (Å²) < 4.78 is 0. The van der Waals surface area contributed by atoms with Gasteiger partial charge in [0.1, 0.15) is 0 Å². The Hall–Kier alpha value is -1.59. The van der Waals surface area contributed by atoms with Crippen LogP contribution in [0.25, 0.3) is 0 Å². The number of aliphatic hydroxyl groups excluding tert-OH is 1. The lowest BCUT2D eigenvalue weighted by molar-refractivity contribution is 0.192. The van der Waals surface area contributed by atoms with Crippen molar-refractivity contribution in [2.45, 2.75) is 32.7 Å². The third-order valence-electron chi connectivity index (χ3n) is 4.52. The highest BCUT2D eigenvalue weighted by atomic mass is 16.4. The van der Waals surface area contributed by atoms with E-state index < -0.39 is 0 Å². The van der Waals surface area contributed by atoms with Crippen molar-refractivity contribution in [3.8, 4) is 0 Å². The number of oxime groups is 1. The van der Waals surface area contributed by atoms with Crippen molar-refractivity contribution in [3.05, 3.63) is 34.9 Å². The van der Waals surface area contributed by atoms with Crippen LogP contribution in [0.3, 0.4) is 0 Å². The van der Waals surface area contributed by atoms with Crippen LogP contribution in [0.5, 0.6) is 0 Å². The van der Waals surface area contributed by atoms with Gasteiger partial charge in [0, 0.05) is 18.7 Å². The predicted octanol–water partition coefficient (Wildman–Crippen LogP) is 1.59. The van der Waals surface area contributed by atoms with Crippen LogP contribution in [0, 0.1) is 18.8 Å². The number of hydrogen-bond donors (Lipinski definition) is 4. The largest absolute Gasteiger partial charge is 0.409 e. The quantitative estimate of drug-likeness (QED) is 0.277. The Morgan fingerprint density at radius 1 is 1.38 bits per heavy atom. The first-order valence-corrected chi connectivity index (χ1v) is 7.54. The molecule has 0 amide bonds. The minimum absolute atomic E-state index is 0.134. The molecule has 1 aliphatic rings. The second kappa shape index (κ2) is 7.43. The first-order valence-electron chi connectivity index (χ1n) is 7.54. The average molecular weight is 291 g/mol. The van der Waals surface area contributed by atoms with Crippen LogP contribution in [0.4, 0.5) is 0 Å². The number of hydrogen-bond acceptors (Lipinski definition) is 4. The number of amidine groups is 1. The Kier molecular flexibility index (Phi) is 5.59. The van der Waals surface area contributed by atoms with Gasteiger partial charge in [-0.1, -0.05) is 23.7 Å². The van der Waals surface area contributed by atoms with Crippen molar-refractivity contribution in [3.63, 3.8) is 0 Å². The molecule has 0 aliphatic heterocycles. The molecule has 0 bridgehead atoms. The fourth-order valence-electron chi connectivity index (χ4n) is 3.13. The van der Waals surface area contributed by atoms with Gasteiger partial charge < -0.3 is 21.4 Å². The fraction of sp³-hybridized carbons (Fsp3) is 0.562. The zero-order chi connectivity index (χ0) is 15.2. The van der Waals surface area contributed by atoms with Gasteiger partial charge in [-0.05, 0) is 55.3 Å². The number of aryl methyl sites for hydroxylation is 1. The Bertz CT molecular complexity index is 502. The molecule has 5 heteroatoms. The smallest absolute Gasteiger partial charge is 0.170 e. The summed E-state index contributed by atoms with van der Waals surface area (Å²) in [5, 5.41) is 24.5. The number of aliphatic hydroxyl groups is 1. The number of rotatable bonds is 6. The summed E-state index contributed by atoms with van der Waals surface area (Å²) in [6.45, 7) is 4.08. The minimum Gasteiger partial charge on any atom is -0.409 e. The standard InChI is InChI=1S/C16H25N3O2/c1-11-7-12(16(17)19-21)5-6-13(11)8-18-9-14-3-2-4-15(14)10-20/h5-7,14-15,18,20-21H,2-4,8-10H2,1H3,(H2,17,19). The number of nitrogens with zero attached hydrogens (tertiary/aromatic N) is 1. The molecular formula is C16H25N3O2. The molecule has 1 fully saturated rings. The van der Waals surface area contributed by atoms with Crippen molar-refractivity contribution in [2.75, 3.05) is 13.2 Å². The van der Waals surface area contributed by atoms with E-state index in [9.17, 15) is 5.11 Å². The zero-order valence-corrected chi connectivity index (χ0v) is 12.5. The molecule has 0 heterocycles. The van der Waals surface area contributed by atoms with Crippen molar-refractivity contribution >= 4 is 5.84 Å². The Morgan fingerprint density at radius 2 is 2.14 bits per heavy atom. The van der Waals surface area contributed by atoms with Gasteiger partial charge in [-0.15, -0.1) is 0 Å². The predicted molar refractivity (Wildman–Crippen MR) is 83.3 cm³/mol. The van der Waals surface area contributed by atoms with E-state index in [0.717, 1.165) is 30.6 Å². The lowest BCUT2D eigenvalue weighted by Gasteiger charge is -2.18. The van der Waals surface area contributed by atoms with E-state index in [1.807, 2.05) is 25.1 Å². The molecule has 0 spiro atoms. The third kappa shape index (κ3) is 3.95. The van der Waals surface area contributed by atoms with E-state index in [2.05, 4.69) is 10.5 Å². The molecule has 2 rings (SSSR count). The highest BCUT2D eigenvalue weighted by molar-refractivity contribution is 5.97. The van der Waals surface area contributed by atoms with Crippen LogP contribution in [-0.2, 0) is 6.54 Å². The average Bonchev–Trinajstić information content (AvgIpc) is 2.95. The first kappa shape index (κ1) is 15.8. The minimum atomic E-state index is 0.134. The van der Waals surface area contributed by atoms with Crippen molar-refractivity contribution in [1.29, 1.82) is 0 Å². The van der Waals surface area contributed by atoms with Crippen LogP contribution < -0.4 is 11.1 Å². The van der Waals surface area contributed by atoms with Crippen molar-refractivity contribution in [1.82, 2.24) is 5.32 Å². The van der Waals surface area contributed by atoms with Gasteiger partial charge in [0.05, 0.1) is 0 Å². The molecule has 5 N–H and O–H groups in total. The molecule has 5 nitrogen and oxygen atoms in total. The van der Waals surface area contributed by atoms with Crippen LogP contribution in [0.15, 0.2) is 23.4 Å². The fourth-order valence-corrected chi connectivity index (χ4v) is 3.13. The topological polar surface area (TPSA) is 90.9 Å². The molecule has 1 aromatic rings. The van der Waals surface area contributed by atoms with Gasteiger partial charge in [-0.2, -0.15) is 0 Å². The monoisotopic (exact) mass is 291 g/mol. The summed E-state index contributed by atoms with van der Waals surface area (Å²) >= 11 is 0. The van der Waals surface area contributed by atoms with E-state index in [4.69, 9.17) is 10.9 Å². The molecule has 1 aromatic carbocycles. The van der Waals surface area contributed by atoms with E-state index in [1.165, 1.54) is 18.4 Å². The maximum Gasteiger partial charge on any atom is 0.170 e. The van der Waals surface area contributed by atoms with E-state index >= 15 is 0 Å².